The van der Waals surface area contributed by atoms with E-state index in [4.69, 9.17) is 11.6 Å². The molecule has 1 aliphatic rings. The van der Waals surface area contributed by atoms with E-state index in [2.05, 4.69) is 29.2 Å². The Hall–Kier alpha value is -2.29. The SMILES string of the molecule is CCNC.CCNCCCc1cc(Cl)c2c(c1)CN(Cc1ccc(OC(F)(F)F)cc1)C2=O. The van der Waals surface area contributed by atoms with Gasteiger partial charge < -0.3 is 20.3 Å². The van der Waals surface area contributed by atoms with Gasteiger partial charge in [-0.1, -0.05) is 43.6 Å². The molecule has 1 amide bonds. The fraction of sp³-hybridized carbons (Fsp3) is 0.458. The summed E-state index contributed by atoms with van der Waals surface area (Å²) in [6.45, 7) is 7.76. The molecule has 33 heavy (non-hydrogen) atoms. The van der Waals surface area contributed by atoms with Crippen LogP contribution in [0.15, 0.2) is 36.4 Å². The Morgan fingerprint density at radius 1 is 1.09 bits per heavy atom. The van der Waals surface area contributed by atoms with Crippen molar-refractivity contribution in [2.45, 2.75) is 46.1 Å². The molecule has 0 bridgehead atoms. The fourth-order valence-corrected chi connectivity index (χ4v) is 3.75. The highest BCUT2D eigenvalue weighted by molar-refractivity contribution is 6.34. The van der Waals surface area contributed by atoms with Crippen LogP contribution in [0.5, 0.6) is 5.75 Å². The van der Waals surface area contributed by atoms with Crippen LogP contribution in [0.25, 0.3) is 0 Å². The first-order valence-corrected chi connectivity index (χ1v) is 11.4. The van der Waals surface area contributed by atoms with E-state index in [-0.39, 0.29) is 18.2 Å². The minimum absolute atomic E-state index is 0.167. The van der Waals surface area contributed by atoms with Gasteiger partial charge in [0.05, 0.1) is 10.6 Å². The highest BCUT2D eigenvalue weighted by Gasteiger charge is 2.32. The Morgan fingerprint density at radius 3 is 2.33 bits per heavy atom. The number of nitrogens with one attached hydrogen (secondary N) is 2. The zero-order valence-corrected chi connectivity index (χ0v) is 19.9. The summed E-state index contributed by atoms with van der Waals surface area (Å²) in [5, 5.41) is 6.65. The fourth-order valence-electron chi connectivity index (χ4n) is 3.41. The van der Waals surface area contributed by atoms with E-state index >= 15 is 0 Å². The summed E-state index contributed by atoms with van der Waals surface area (Å²) in [5.74, 6) is -0.456. The van der Waals surface area contributed by atoms with Gasteiger partial charge in [0.1, 0.15) is 5.75 Å². The van der Waals surface area contributed by atoms with Crippen LogP contribution >= 0.6 is 11.6 Å². The van der Waals surface area contributed by atoms with Crippen LogP contribution in [-0.4, -0.2) is 43.9 Å². The van der Waals surface area contributed by atoms with Gasteiger partial charge in [-0.15, -0.1) is 13.2 Å². The molecule has 2 N–H and O–H groups in total. The average Bonchev–Trinajstić information content (AvgIpc) is 3.07. The van der Waals surface area contributed by atoms with Crippen molar-refractivity contribution < 1.29 is 22.7 Å². The Balaban J connectivity index is 0.000000890. The smallest absolute Gasteiger partial charge is 0.406 e. The first-order chi connectivity index (χ1) is 15.7. The van der Waals surface area contributed by atoms with Crippen molar-refractivity contribution >= 4 is 17.5 Å². The summed E-state index contributed by atoms with van der Waals surface area (Å²) in [4.78, 5) is 14.4. The molecule has 0 unspecified atom stereocenters. The van der Waals surface area contributed by atoms with E-state index in [0.717, 1.165) is 43.6 Å². The number of halogens is 4. The number of aryl methyl sites for hydroxylation is 1. The summed E-state index contributed by atoms with van der Waals surface area (Å²) in [5.41, 5.74) is 3.20. The predicted octanol–water partition coefficient (Wildman–Crippen LogP) is 5.16. The highest BCUT2D eigenvalue weighted by atomic mass is 35.5. The maximum Gasteiger partial charge on any atom is 0.573 e. The van der Waals surface area contributed by atoms with Crippen LogP contribution in [0.2, 0.25) is 5.02 Å². The van der Waals surface area contributed by atoms with Gasteiger partial charge in [-0.2, -0.15) is 0 Å². The lowest BCUT2D eigenvalue weighted by molar-refractivity contribution is -0.274. The van der Waals surface area contributed by atoms with E-state index in [0.29, 0.717) is 22.7 Å². The molecule has 0 atom stereocenters. The van der Waals surface area contributed by atoms with E-state index in [9.17, 15) is 18.0 Å². The molecule has 182 valence electrons. The molecule has 1 aliphatic heterocycles. The summed E-state index contributed by atoms with van der Waals surface area (Å²) >= 11 is 6.37. The number of carbonyl (C=O) groups excluding carboxylic acids is 1. The zero-order valence-electron chi connectivity index (χ0n) is 19.2. The number of alkyl halides is 3. The maximum atomic E-state index is 12.7. The Bertz CT molecular complexity index is 903. The first-order valence-electron chi connectivity index (χ1n) is 11.0. The summed E-state index contributed by atoms with van der Waals surface area (Å²) < 4.78 is 40.7. The number of benzene rings is 2. The number of amides is 1. The average molecular weight is 486 g/mol. The van der Waals surface area contributed by atoms with Crippen LogP contribution in [-0.2, 0) is 19.5 Å². The Morgan fingerprint density at radius 2 is 1.76 bits per heavy atom. The standard InChI is InChI=1S/C21H22ClF3N2O2.C3H9N/c1-2-26-9-3-4-15-10-16-13-27(20(28)19(16)18(22)11-15)12-14-5-7-17(8-6-14)29-21(23,24)25;1-3-4-2/h5-8,10-11,26H,2-4,9,12-13H2,1H3;4H,3H2,1-2H3. The molecule has 0 saturated heterocycles. The molecule has 5 nitrogen and oxygen atoms in total. The Kier molecular flexibility index (Phi) is 10.5. The second kappa shape index (κ2) is 12.8. The lowest BCUT2D eigenvalue weighted by Gasteiger charge is -2.16. The van der Waals surface area contributed by atoms with Gasteiger partial charge in [-0.3, -0.25) is 4.79 Å². The molecule has 0 spiro atoms. The largest absolute Gasteiger partial charge is 0.573 e. The van der Waals surface area contributed by atoms with Gasteiger partial charge in [0, 0.05) is 13.1 Å². The van der Waals surface area contributed by atoms with Gasteiger partial charge in [0.25, 0.3) is 5.91 Å². The minimum Gasteiger partial charge on any atom is -0.406 e. The number of rotatable bonds is 9. The Labute approximate surface area is 198 Å². The molecule has 0 saturated carbocycles. The van der Waals surface area contributed by atoms with Crippen molar-refractivity contribution in [1.29, 1.82) is 0 Å². The monoisotopic (exact) mass is 485 g/mol. The number of nitrogens with zero attached hydrogens (tertiary/aromatic N) is 1. The molecular formula is C24H31ClF3N3O2. The molecule has 0 aliphatic carbocycles. The van der Waals surface area contributed by atoms with Crippen LogP contribution in [0, 0.1) is 0 Å². The van der Waals surface area contributed by atoms with Gasteiger partial charge in [0.15, 0.2) is 0 Å². The third-order valence-electron chi connectivity index (χ3n) is 5.05. The van der Waals surface area contributed by atoms with Gasteiger partial charge >= 0.3 is 6.36 Å². The molecule has 0 fully saturated rings. The van der Waals surface area contributed by atoms with Crippen molar-refractivity contribution in [3.8, 4) is 5.75 Å². The number of fused-ring (bicyclic) bond motifs is 1. The normalized spacial score (nSPS) is 12.9. The minimum atomic E-state index is -4.73. The molecule has 1 heterocycles. The van der Waals surface area contributed by atoms with Gasteiger partial charge in [-0.25, -0.2) is 0 Å². The van der Waals surface area contributed by atoms with Crippen molar-refractivity contribution in [2.24, 2.45) is 0 Å². The third kappa shape index (κ3) is 8.53. The summed E-state index contributed by atoms with van der Waals surface area (Å²) in [7, 11) is 1.93. The van der Waals surface area contributed by atoms with Gasteiger partial charge in [0.2, 0.25) is 0 Å². The van der Waals surface area contributed by atoms with Crippen molar-refractivity contribution in [3.63, 3.8) is 0 Å². The lowest BCUT2D eigenvalue weighted by atomic mass is 10.0. The third-order valence-corrected chi connectivity index (χ3v) is 5.34. The van der Waals surface area contributed by atoms with Crippen LogP contribution in [0.1, 0.15) is 47.3 Å². The second-order valence-electron chi connectivity index (χ2n) is 7.63. The number of hydrogen-bond donors (Lipinski definition) is 2. The molecule has 2 aromatic carbocycles. The number of ether oxygens (including phenoxy) is 1. The highest BCUT2D eigenvalue weighted by Crippen LogP contribution is 2.32. The quantitative estimate of drug-likeness (QED) is 0.482. The van der Waals surface area contributed by atoms with E-state index in [1.54, 1.807) is 4.90 Å². The maximum absolute atomic E-state index is 12.7. The summed E-state index contributed by atoms with van der Waals surface area (Å²) in [6.07, 6.45) is -2.88. The first kappa shape index (κ1) is 27.0. The summed E-state index contributed by atoms with van der Waals surface area (Å²) in [6, 6.07) is 9.39. The molecule has 9 heteroatoms. The molecule has 0 aromatic heterocycles. The topological polar surface area (TPSA) is 53.6 Å². The van der Waals surface area contributed by atoms with Gasteiger partial charge in [-0.05, 0) is 74.4 Å². The van der Waals surface area contributed by atoms with Crippen molar-refractivity contribution in [2.75, 3.05) is 26.7 Å². The van der Waals surface area contributed by atoms with Crippen molar-refractivity contribution in [1.82, 2.24) is 15.5 Å². The number of carbonyl (C=O) groups is 1. The van der Waals surface area contributed by atoms with Crippen LogP contribution in [0.3, 0.4) is 0 Å². The molecular weight excluding hydrogens is 455 g/mol. The van der Waals surface area contributed by atoms with Crippen LogP contribution < -0.4 is 15.4 Å². The molecule has 2 aromatic rings. The zero-order chi connectivity index (χ0) is 24.4. The van der Waals surface area contributed by atoms with E-state index in [1.807, 2.05) is 19.2 Å². The van der Waals surface area contributed by atoms with E-state index < -0.39 is 6.36 Å². The molecule has 3 rings (SSSR count). The van der Waals surface area contributed by atoms with Crippen molar-refractivity contribution in [3.05, 3.63) is 63.7 Å². The van der Waals surface area contributed by atoms with E-state index in [1.165, 1.54) is 24.3 Å². The lowest BCUT2D eigenvalue weighted by Crippen LogP contribution is -2.23. The van der Waals surface area contributed by atoms with Crippen LogP contribution in [0.4, 0.5) is 13.2 Å². The second-order valence-corrected chi connectivity index (χ2v) is 8.04. The number of hydrogen-bond acceptors (Lipinski definition) is 4. The molecule has 0 radical (unpaired) electrons. The predicted molar refractivity (Wildman–Crippen MR) is 125 cm³/mol.